The second-order valence-corrected chi connectivity index (χ2v) is 6.05. The summed E-state index contributed by atoms with van der Waals surface area (Å²) in [5.74, 6) is -1.93. The number of hydrogen-bond donors (Lipinski definition) is 0. The predicted octanol–water partition coefficient (Wildman–Crippen LogP) is 0.563. The van der Waals surface area contributed by atoms with Crippen LogP contribution in [0.5, 0.6) is 0 Å². The molecule has 0 aliphatic heterocycles. The molecule has 11 heteroatoms. The van der Waals surface area contributed by atoms with Crippen LogP contribution < -0.4 is 4.90 Å². The molecule has 0 radical (unpaired) electrons. The average molecular weight is 414 g/mol. The van der Waals surface area contributed by atoms with Crippen LogP contribution in [-0.4, -0.2) is 72.8 Å². The van der Waals surface area contributed by atoms with E-state index in [0.29, 0.717) is 6.29 Å². The van der Waals surface area contributed by atoms with Crippen molar-refractivity contribution in [2.75, 3.05) is 53.5 Å². The molecule has 0 bridgehead atoms. The van der Waals surface area contributed by atoms with Crippen molar-refractivity contribution in [2.45, 2.75) is 6.42 Å². The van der Waals surface area contributed by atoms with E-state index in [9.17, 15) is 24.4 Å². The van der Waals surface area contributed by atoms with Crippen molar-refractivity contribution in [3.63, 3.8) is 0 Å². The molecule has 28 heavy (non-hydrogen) atoms. The number of nitriles is 1. The van der Waals surface area contributed by atoms with Crippen LogP contribution in [0.25, 0.3) is 0 Å². The summed E-state index contributed by atoms with van der Waals surface area (Å²) in [7, 11) is 6.79. The Kier molecular flexibility index (Phi) is 11.8. The maximum absolute atomic E-state index is 11.6. The van der Waals surface area contributed by atoms with Crippen LogP contribution in [0.2, 0.25) is 0 Å². The lowest BCUT2D eigenvalue weighted by molar-refractivity contribution is -0.141. The van der Waals surface area contributed by atoms with Crippen molar-refractivity contribution in [1.82, 2.24) is 0 Å². The summed E-state index contributed by atoms with van der Waals surface area (Å²) in [5.41, 5.74) is 0.203. The monoisotopic (exact) mass is 414 g/mol. The number of ether oxygens (including phenoxy) is 4. The predicted molar refractivity (Wildman–Crippen MR) is 99.3 cm³/mol. The minimum atomic E-state index is -0.650. The number of aldehydes is 1. The molecular weight excluding hydrogens is 392 g/mol. The van der Waals surface area contributed by atoms with Crippen LogP contribution in [0.4, 0.5) is 5.00 Å². The fraction of sp³-hybridized carbons (Fsp3) is 0.471. The van der Waals surface area contributed by atoms with Crippen LogP contribution >= 0.6 is 11.3 Å². The molecule has 0 saturated carbocycles. The molecule has 0 spiro atoms. The molecule has 1 aromatic rings. The Morgan fingerprint density at radius 3 is 1.82 bits per heavy atom. The van der Waals surface area contributed by atoms with Crippen molar-refractivity contribution in [1.29, 1.82) is 5.26 Å². The lowest BCUT2D eigenvalue weighted by Crippen LogP contribution is -2.35. The van der Waals surface area contributed by atoms with Gasteiger partial charge in [-0.15, -0.1) is 11.3 Å². The lowest BCUT2D eigenvalue weighted by atomic mass is 10.1. The third kappa shape index (κ3) is 7.34. The molecule has 0 unspecified atom stereocenters. The first kappa shape index (κ1) is 25.0. The Bertz CT molecular complexity index is 720. The van der Waals surface area contributed by atoms with Gasteiger partial charge in [-0.25, -0.2) is 0 Å². The molecule has 1 aromatic heterocycles. The molecule has 0 aliphatic rings. The number of hydrogen-bond acceptors (Lipinski definition) is 11. The van der Waals surface area contributed by atoms with Gasteiger partial charge in [0.05, 0.1) is 38.2 Å². The van der Waals surface area contributed by atoms with E-state index in [1.54, 1.807) is 14.2 Å². The maximum Gasteiger partial charge on any atom is 0.325 e. The van der Waals surface area contributed by atoms with Crippen LogP contribution in [0.1, 0.15) is 20.8 Å². The zero-order valence-corrected chi connectivity index (χ0v) is 17.1. The van der Waals surface area contributed by atoms with Crippen LogP contribution in [0.3, 0.4) is 0 Å². The van der Waals surface area contributed by atoms with E-state index in [4.69, 9.17) is 0 Å². The van der Waals surface area contributed by atoms with Gasteiger partial charge < -0.3 is 23.8 Å². The molecule has 0 aromatic carbocycles. The quantitative estimate of drug-likeness (QED) is 0.338. The largest absolute Gasteiger partial charge is 0.469 e. The second kappa shape index (κ2) is 13.2. The first-order valence-corrected chi connectivity index (χ1v) is 8.51. The first-order chi connectivity index (χ1) is 13.3. The summed E-state index contributed by atoms with van der Waals surface area (Å²) in [6.45, 7) is -0.673. The van der Waals surface area contributed by atoms with Crippen LogP contribution in [-0.2, 0) is 39.8 Å². The van der Waals surface area contributed by atoms with E-state index in [-0.39, 0.29) is 40.5 Å². The van der Waals surface area contributed by atoms with Crippen molar-refractivity contribution < 1.29 is 38.1 Å². The SMILES string of the molecule is COC.COC(=O)Cc1c(C=O)sc(N(CC(=O)OC)CC(=O)OC)c1C#N. The topological polar surface area (TPSA) is 132 Å². The smallest absolute Gasteiger partial charge is 0.325 e. The minimum Gasteiger partial charge on any atom is -0.469 e. The molecular formula is C17H22N2O8S. The number of methoxy groups -OCH3 is 4. The average Bonchev–Trinajstić information content (AvgIpc) is 3.04. The fourth-order valence-corrected chi connectivity index (χ4v) is 3.02. The Balaban J connectivity index is 0.00000227. The van der Waals surface area contributed by atoms with E-state index in [1.165, 1.54) is 26.2 Å². The molecule has 0 N–H and O–H groups in total. The molecule has 0 atom stereocenters. The van der Waals surface area contributed by atoms with E-state index in [1.807, 2.05) is 6.07 Å². The maximum atomic E-state index is 11.6. The van der Waals surface area contributed by atoms with E-state index in [2.05, 4.69) is 18.9 Å². The molecule has 0 saturated heterocycles. The standard InChI is InChI=1S/C15H16N2O7S.C2H6O/c1-22-12(19)4-9-10(5-16)15(25-11(9)8-18)17(6-13(20)23-2)7-14(21)24-3;1-3-2/h8H,4,6-7H2,1-3H3;1-2H3. The van der Waals surface area contributed by atoms with Gasteiger partial charge in [0.25, 0.3) is 0 Å². The van der Waals surface area contributed by atoms with Gasteiger partial charge in [-0.2, -0.15) is 5.26 Å². The highest BCUT2D eigenvalue weighted by Gasteiger charge is 2.26. The van der Waals surface area contributed by atoms with Crippen molar-refractivity contribution >= 4 is 40.5 Å². The molecule has 0 aliphatic carbocycles. The molecule has 1 rings (SSSR count). The highest BCUT2D eigenvalue weighted by Crippen LogP contribution is 2.35. The first-order valence-electron chi connectivity index (χ1n) is 7.69. The third-order valence-corrected chi connectivity index (χ3v) is 4.39. The Morgan fingerprint density at radius 1 is 1.00 bits per heavy atom. The summed E-state index contributed by atoms with van der Waals surface area (Å²) >= 11 is 0.888. The lowest BCUT2D eigenvalue weighted by Gasteiger charge is -2.20. The van der Waals surface area contributed by atoms with Gasteiger partial charge in [0.1, 0.15) is 24.2 Å². The van der Waals surface area contributed by atoms with Gasteiger partial charge in [0.15, 0.2) is 6.29 Å². The highest BCUT2D eigenvalue weighted by atomic mass is 32.1. The summed E-state index contributed by atoms with van der Waals surface area (Å²) < 4.78 is 18.0. The normalized spacial score (nSPS) is 9.29. The van der Waals surface area contributed by atoms with Crippen LogP contribution in [0.15, 0.2) is 0 Å². The zero-order chi connectivity index (χ0) is 21.7. The third-order valence-electron chi connectivity index (χ3n) is 3.17. The van der Waals surface area contributed by atoms with Gasteiger partial charge in [0, 0.05) is 19.8 Å². The summed E-state index contributed by atoms with van der Waals surface area (Å²) in [6.07, 6.45) is 0.218. The van der Waals surface area contributed by atoms with Gasteiger partial charge in [-0.1, -0.05) is 0 Å². The molecule has 1 heterocycles. The number of carbonyl (C=O) groups excluding carboxylic acids is 4. The number of anilines is 1. The highest BCUT2D eigenvalue weighted by molar-refractivity contribution is 7.18. The molecule has 0 fully saturated rings. The Hall–Kier alpha value is -2.97. The molecule has 10 nitrogen and oxygen atoms in total. The van der Waals surface area contributed by atoms with E-state index >= 15 is 0 Å². The number of rotatable bonds is 8. The Labute approximate surface area is 166 Å². The van der Waals surface area contributed by atoms with Crippen molar-refractivity contribution in [3.8, 4) is 6.07 Å². The summed E-state index contributed by atoms with van der Waals surface area (Å²) in [4.78, 5) is 47.5. The summed E-state index contributed by atoms with van der Waals surface area (Å²) in [5, 5.41) is 9.65. The van der Waals surface area contributed by atoms with Gasteiger partial charge in [-0.05, 0) is 0 Å². The van der Waals surface area contributed by atoms with E-state index < -0.39 is 17.9 Å². The fourth-order valence-electron chi connectivity index (χ4n) is 1.93. The summed E-state index contributed by atoms with van der Waals surface area (Å²) in [6, 6.07) is 1.91. The van der Waals surface area contributed by atoms with Gasteiger partial charge >= 0.3 is 17.9 Å². The zero-order valence-electron chi connectivity index (χ0n) is 16.3. The molecule has 154 valence electrons. The van der Waals surface area contributed by atoms with Crippen molar-refractivity contribution in [3.05, 3.63) is 16.0 Å². The number of thiophene rings is 1. The number of nitrogens with zero attached hydrogens (tertiary/aromatic N) is 2. The Morgan fingerprint density at radius 2 is 1.46 bits per heavy atom. The second-order valence-electron chi connectivity index (χ2n) is 5.02. The van der Waals surface area contributed by atoms with Crippen LogP contribution in [0, 0.1) is 11.3 Å². The van der Waals surface area contributed by atoms with Gasteiger partial charge in [-0.3, -0.25) is 19.2 Å². The van der Waals surface area contributed by atoms with E-state index in [0.717, 1.165) is 11.3 Å². The minimum absolute atomic E-state index is 0.0188. The van der Waals surface area contributed by atoms with Gasteiger partial charge in [0.2, 0.25) is 0 Å². The number of carbonyl (C=O) groups is 4. The molecule has 0 amide bonds. The number of esters is 3. The van der Waals surface area contributed by atoms with Crippen molar-refractivity contribution in [2.24, 2.45) is 0 Å².